The molecule has 1 aromatic carbocycles. The molecule has 0 heterocycles. The predicted octanol–water partition coefficient (Wildman–Crippen LogP) is 2.94. The molecule has 1 aromatic rings. The summed E-state index contributed by atoms with van der Waals surface area (Å²) in [4.78, 5) is 11.8. The molecule has 0 aliphatic carbocycles. The van der Waals surface area contributed by atoms with E-state index in [-0.39, 0.29) is 11.3 Å². The van der Waals surface area contributed by atoms with Gasteiger partial charge < -0.3 is 10.5 Å². The van der Waals surface area contributed by atoms with Crippen molar-refractivity contribution in [2.75, 3.05) is 18.6 Å². The maximum atomic E-state index is 13.6. The first-order valence-corrected chi connectivity index (χ1v) is 6.24. The van der Waals surface area contributed by atoms with Crippen molar-refractivity contribution in [3.8, 4) is 0 Å². The SMILES string of the molecule is COC(=O)c1cc(SCC(C)C)c(F)cc1N. The van der Waals surface area contributed by atoms with Crippen LogP contribution >= 0.6 is 11.8 Å². The smallest absolute Gasteiger partial charge is 0.339 e. The van der Waals surface area contributed by atoms with Crippen molar-refractivity contribution < 1.29 is 13.9 Å². The van der Waals surface area contributed by atoms with Crippen molar-refractivity contribution >= 4 is 23.4 Å². The lowest BCUT2D eigenvalue weighted by Gasteiger charge is -2.09. The molecule has 0 saturated heterocycles. The molecule has 0 bridgehead atoms. The number of hydrogen-bond acceptors (Lipinski definition) is 4. The molecule has 0 aliphatic heterocycles. The third-order valence-electron chi connectivity index (χ3n) is 2.08. The molecule has 0 amide bonds. The van der Waals surface area contributed by atoms with E-state index in [4.69, 9.17) is 5.73 Å². The minimum Gasteiger partial charge on any atom is -0.465 e. The molecular weight excluding hydrogens is 241 g/mol. The number of rotatable bonds is 4. The Morgan fingerprint density at radius 3 is 2.71 bits per heavy atom. The summed E-state index contributed by atoms with van der Waals surface area (Å²) in [5, 5.41) is 0. The van der Waals surface area contributed by atoms with E-state index in [0.29, 0.717) is 10.8 Å². The van der Waals surface area contributed by atoms with E-state index in [1.807, 2.05) is 13.8 Å². The van der Waals surface area contributed by atoms with Crippen LogP contribution in [0.4, 0.5) is 10.1 Å². The van der Waals surface area contributed by atoms with Gasteiger partial charge in [0.05, 0.1) is 12.7 Å². The average molecular weight is 257 g/mol. The molecule has 0 saturated carbocycles. The minimum atomic E-state index is -0.547. The summed E-state index contributed by atoms with van der Waals surface area (Å²) < 4.78 is 18.2. The highest BCUT2D eigenvalue weighted by Gasteiger charge is 2.15. The Morgan fingerprint density at radius 2 is 2.18 bits per heavy atom. The number of ether oxygens (including phenoxy) is 1. The number of nitrogen functional groups attached to an aromatic ring is 1. The van der Waals surface area contributed by atoms with Crippen molar-refractivity contribution in [1.29, 1.82) is 0 Å². The molecule has 0 aromatic heterocycles. The molecule has 3 nitrogen and oxygen atoms in total. The van der Waals surface area contributed by atoms with Crippen molar-refractivity contribution in [1.82, 2.24) is 0 Å². The number of carbonyl (C=O) groups is 1. The number of methoxy groups -OCH3 is 1. The highest BCUT2D eigenvalue weighted by molar-refractivity contribution is 7.99. The van der Waals surface area contributed by atoms with Gasteiger partial charge in [-0.3, -0.25) is 0 Å². The fourth-order valence-electron chi connectivity index (χ4n) is 1.22. The van der Waals surface area contributed by atoms with Gasteiger partial charge in [-0.05, 0) is 18.1 Å². The van der Waals surface area contributed by atoms with E-state index in [1.54, 1.807) is 0 Å². The molecule has 1 rings (SSSR count). The number of thioether (sulfide) groups is 1. The lowest BCUT2D eigenvalue weighted by Crippen LogP contribution is -2.07. The van der Waals surface area contributed by atoms with Gasteiger partial charge in [0.2, 0.25) is 0 Å². The zero-order chi connectivity index (χ0) is 13.0. The van der Waals surface area contributed by atoms with Crippen LogP contribution in [0.25, 0.3) is 0 Å². The number of esters is 1. The van der Waals surface area contributed by atoms with E-state index < -0.39 is 11.8 Å². The number of carbonyl (C=O) groups excluding carboxylic acids is 1. The van der Waals surface area contributed by atoms with Crippen LogP contribution in [0.1, 0.15) is 24.2 Å². The van der Waals surface area contributed by atoms with Gasteiger partial charge in [-0.15, -0.1) is 11.8 Å². The third-order valence-corrected chi connectivity index (χ3v) is 3.54. The van der Waals surface area contributed by atoms with Gasteiger partial charge in [-0.2, -0.15) is 0 Å². The summed E-state index contributed by atoms with van der Waals surface area (Å²) in [7, 11) is 1.27. The van der Waals surface area contributed by atoms with Crippen LogP contribution in [0.3, 0.4) is 0 Å². The quantitative estimate of drug-likeness (QED) is 0.512. The minimum absolute atomic E-state index is 0.100. The molecule has 5 heteroatoms. The predicted molar refractivity (Wildman–Crippen MR) is 67.7 cm³/mol. The summed E-state index contributed by atoms with van der Waals surface area (Å²) in [5.74, 6) is 0.273. The van der Waals surface area contributed by atoms with Gasteiger partial charge in [0.25, 0.3) is 0 Å². The second kappa shape index (κ2) is 5.91. The van der Waals surface area contributed by atoms with Crippen molar-refractivity contribution in [2.45, 2.75) is 18.7 Å². The van der Waals surface area contributed by atoms with Crippen LogP contribution < -0.4 is 5.73 Å². The summed E-state index contributed by atoms with van der Waals surface area (Å²) >= 11 is 1.37. The first-order chi connectivity index (χ1) is 7.95. The number of halogens is 1. The van der Waals surface area contributed by atoms with Gasteiger partial charge in [0, 0.05) is 16.3 Å². The summed E-state index contributed by atoms with van der Waals surface area (Å²) in [6, 6.07) is 2.61. The number of benzene rings is 1. The monoisotopic (exact) mass is 257 g/mol. The molecule has 2 N–H and O–H groups in total. The lowest BCUT2D eigenvalue weighted by molar-refractivity contribution is 0.0601. The highest BCUT2D eigenvalue weighted by atomic mass is 32.2. The molecule has 0 atom stereocenters. The van der Waals surface area contributed by atoms with E-state index in [0.717, 1.165) is 11.8 Å². The van der Waals surface area contributed by atoms with Gasteiger partial charge in [-0.25, -0.2) is 9.18 Å². The molecule has 0 spiro atoms. The zero-order valence-electron chi connectivity index (χ0n) is 10.1. The van der Waals surface area contributed by atoms with Crippen LogP contribution in [-0.4, -0.2) is 18.8 Å². The Bertz CT molecular complexity index is 421. The summed E-state index contributed by atoms with van der Waals surface area (Å²) in [6.45, 7) is 4.09. The van der Waals surface area contributed by atoms with E-state index in [2.05, 4.69) is 4.74 Å². The second-order valence-corrected chi connectivity index (χ2v) is 5.13. The normalized spacial score (nSPS) is 10.6. The second-order valence-electron chi connectivity index (χ2n) is 4.07. The number of nitrogens with two attached hydrogens (primary N) is 1. The van der Waals surface area contributed by atoms with E-state index in [1.165, 1.54) is 24.9 Å². The molecule has 0 unspecified atom stereocenters. The van der Waals surface area contributed by atoms with Crippen molar-refractivity contribution in [2.24, 2.45) is 5.92 Å². The van der Waals surface area contributed by atoms with E-state index >= 15 is 0 Å². The first-order valence-electron chi connectivity index (χ1n) is 5.25. The largest absolute Gasteiger partial charge is 0.465 e. The Kier molecular flexibility index (Phi) is 4.81. The van der Waals surface area contributed by atoms with Crippen LogP contribution in [0.5, 0.6) is 0 Å². The molecule has 0 aliphatic rings. The highest BCUT2D eigenvalue weighted by Crippen LogP contribution is 2.28. The number of anilines is 1. The van der Waals surface area contributed by atoms with Crippen molar-refractivity contribution in [3.63, 3.8) is 0 Å². The Labute approximate surface area is 105 Å². The fourth-order valence-corrected chi connectivity index (χ4v) is 2.13. The fraction of sp³-hybridized carbons (Fsp3) is 0.417. The Hall–Kier alpha value is -1.23. The van der Waals surface area contributed by atoms with Crippen LogP contribution in [-0.2, 0) is 4.74 Å². The molecule has 0 fully saturated rings. The molecule has 94 valence electrons. The standard InChI is InChI=1S/C12H16FNO2S/c1-7(2)6-17-11-4-8(12(15)16-3)10(14)5-9(11)13/h4-5,7H,6,14H2,1-3H3. The van der Waals surface area contributed by atoms with Gasteiger partial charge in [-0.1, -0.05) is 13.8 Å². The van der Waals surface area contributed by atoms with Crippen LogP contribution in [0.2, 0.25) is 0 Å². The summed E-state index contributed by atoms with van der Waals surface area (Å²) in [6.07, 6.45) is 0. The molecular formula is C12H16FNO2S. The van der Waals surface area contributed by atoms with Crippen molar-refractivity contribution in [3.05, 3.63) is 23.5 Å². The maximum Gasteiger partial charge on any atom is 0.339 e. The average Bonchev–Trinajstić information content (AvgIpc) is 2.26. The lowest BCUT2D eigenvalue weighted by atomic mass is 10.2. The molecule has 17 heavy (non-hydrogen) atoms. The maximum absolute atomic E-state index is 13.6. The first kappa shape index (κ1) is 13.8. The Balaban J connectivity index is 3.01. The zero-order valence-corrected chi connectivity index (χ0v) is 10.9. The van der Waals surface area contributed by atoms with Gasteiger partial charge in [0.15, 0.2) is 0 Å². The Morgan fingerprint density at radius 1 is 1.53 bits per heavy atom. The third kappa shape index (κ3) is 3.63. The number of hydrogen-bond donors (Lipinski definition) is 1. The summed E-state index contributed by atoms with van der Waals surface area (Å²) in [5.41, 5.74) is 5.88. The van der Waals surface area contributed by atoms with Crippen LogP contribution in [0.15, 0.2) is 17.0 Å². The topological polar surface area (TPSA) is 52.3 Å². The van der Waals surface area contributed by atoms with Crippen LogP contribution in [0, 0.1) is 11.7 Å². The van der Waals surface area contributed by atoms with Gasteiger partial charge in [0.1, 0.15) is 5.82 Å². The van der Waals surface area contributed by atoms with E-state index in [9.17, 15) is 9.18 Å². The molecule has 0 radical (unpaired) electrons. The van der Waals surface area contributed by atoms with Gasteiger partial charge >= 0.3 is 5.97 Å².